The van der Waals surface area contributed by atoms with Gasteiger partial charge in [0.05, 0.1) is 0 Å². The van der Waals surface area contributed by atoms with Crippen molar-refractivity contribution in [1.29, 1.82) is 0 Å². The van der Waals surface area contributed by atoms with Gasteiger partial charge in [0.25, 0.3) is 0 Å². The minimum atomic E-state index is 0.777. The Bertz CT molecular complexity index is 197. The number of allylic oxidation sites excluding steroid dienone is 1. The van der Waals surface area contributed by atoms with Gasteiger partial charge in [-0.2, -0.15) is 0 Å². The van der Waals surface area contributed by atoms with E-state index in [1.807, 2.05) is 0 Å². The first kappa shape index (κ1) is 10.2. The van der Waals surface area contributed by atoms with Gasteiger partial charge in [-0.15, -0.1) is 0 Å². The Morgan fingerprint density at radius 3 is 2.79 bits per heavy atom. The van der Waals surface area contributed by atoms with E-state index in [-0.39, 0.29) is 0 Å². The second kappa shape index (κ2) is 4.97. The summed E-state index contributed by atoms with van der Waals surface area (Å²) in [5, 5.41) is 3.61. The third-order valence-corrected chi connectivity index (χ3v) is 3.48. The van der Waals surface area contributed by atoms with E-state index in [2.05, 4.69) is 18.3 Å². The van der Waals surface area contributed by atoms with Crippen LogP contribution in [0.15, 0.2) is 11.6 Å². The summed E-state index contributed by atoms with van der Waals surface area (Å²) in [5.74, 6) is 1.05. The summed E-state index contributed by atoms with van der Waals surface area (Å²) in [5.41, 5.74) is 1.61. The molecule has 14 heavy (non-hydrogen) atoms. The van der Waals surface area contributed by atoms with E-state index >= 15 is 0 Å². The van der Waals surface area contributed by atoms with E-state index < -0.39 is 0 Å². The van der Waals surface area contributed by atoms with E-state index in [0.717, 1.165) is 12.0 Å². The van der Waals surface area contributed by atoms with Crippen molar-refractivity contribution in [2.75, 3.05) is 6.54 Å². The molecule has 0 radical (unpaired) electrons. The Hall–Kier alpha value is -0.300. The van der Waals surface area contributed by atoms with Gasteiger partial charge >= 0.3 is 0 Å². The molecule has 0 amide bonds. The van der Waals surface area contributed by atoms with Crippen molar-refractivity contribution in [3.63, 3.8) is 0 Å². The highest BCUT2D eigenvalue weighted by Gasteiger charge is 2.19. The van der Waals surface area contributed by atoms with Gasteiger partial charge < -0.3 is 5.32 Å². The van der Waals surface area contributed by atoms with Gasteiger partial charge in [0.15, 0.2) is 0 Å². The Morgan fingerprint density at radius 2 is 2.14 bits per heavy atom. The monoisotopic (exact) mass is 193 g/mol. The number of hydrogen-bond acceptors (Lipinski definition) is 1. The summed E-state index contributed by atoms with van der Waals surface area (Å²) in [6.07, 6.45) is 12.2. The molecule has 1 saturated carbocycles. The van der Waals surface area contributed by atoms with Crippen molar-refractivity contribution in [3.05, 3.63) is 11.6 Å². The van der Waals surface area contributed by atoms with Crippen molar-refractivity contribution in [1.82, 2.24) is 5.32 Å². The SMILES string of the molecule is CC(=CCC1CC1)CC1CCCCN1. The lowest BCUT2D eigenvalue weighted by Gasteiger charge is -2.23. The first-order valence-corrected chi connectivity index (χ1v) is 6.23. The topological polar surface area (TPSA) is 12.0 Å². The predicted molar refractivity (Wildman–Crippen MR) is 61.4 cm³/mol. The zero-order valence-electron chi connectivity index (χ0n) is 9.39. The van der Waals surface area contributed by atoms with Gasteiger partial charge in [-0.3, -0.25) is 0 Å². The Labute approximate surface area is 88.0 Å². The van der Waals surface area contributed by atoms with Crippen molar-refractivity contribution < 1.29 is 0 Å². The van der Waals surface area contributed by atoms with Crippen LogP contribution < -0.4 is 5.32 Å². The summed E-state index contributed by atoms with van der Waals surface area (Å²) < 4.78 is 0. The highest BCUT2D eigenvalue weighted by Crippen LogP contribution is 2.33. The van der Waals surface area contributed by atoms with Gasteiger partial charge in [0.2, 0.25) is 0 Å². The first-order valence-electron chi connectivity index (χ1n) is 6.23. The average Bonchev–Trinajstić information content (AvgIpc) is 3.00. The number of hydrogen-bond donors (Lipinski definition) is 1. The molecule has 80 valence electrons. The number of nitrogens with one attached hydrogen (secondary N) is 1. The summed E-state index contributed by atoms with van der Waals surface area (Å²) >= 11 is 0. The standard InChI is InChI=1S/C13H23N/c1-11(5-6-12-7-8-12)10-13-4-2-3-9-14-13/h5,12-14H,2-4,6-10H2,1H3. The minimum Gasteiger partial charge on any atom is -0.314 e. The molecule has 1 aliphatic carbocycles. The summed E-state index contributed by atoms with van der Waals surface area (Å²) in [7, 11) is 0. The highest BCUT2D eigenvalue weighted by molar-refractivity contribution is 5.03. The molecular formula is C13H23N. The summed E-state index contributed by atoms with van der Waals surface area (Å²) in [6, 6.07) is 0.777. The fourth-order valence-corrected chi connectivity index (χ4v) is 2.29. The minimum absolute atomic E-state index is 0.777. The molecule has 1 saturated heterocycles. The largest absolute Gasteiger partial charge is 0.314 e. The molecule has 0 bridgehead atoms. The Kier molecular flexibility index (Phi) is 3.63. The summed E-state index contributed by atoms with van der Waals surface area (Å²) in [6.45, 7) is 3.54. The van der Waals surface area contributed by atoms with Crippen molar-refractivity contribution >= 4 is 0 Å². The van der Waals surface area contributed by atoms with Crippen LogP contribution in [-0.4, -0.2) is 12.6 Å². The van der Waals surface area contributed by atoms with Crippen LogP contribution in [0.1, 0.15) is 51.9 Å². The van der Waals surface area contributed by atoms with Gasteiger partial charge in [0, 0.05) is 6.04 Å². The molecule has 0 aromatic heterocycles. The lowest BCUT2D eigenvalue weighted by Crippen LogP contribution is -2.33. The average molecular weight is 193 g/mol. The molecular weight excluding hydrogens is 170 g/mol. The van der Waals surface area contributed by atoms with Gasteiger partial charge in [-0.05, 0) is 57.9 Å². The van der Waals surface area contributed by atoms with Crippen LogP contribution in [0.4, 0.5) is 0 Å². The molecule has 2 fully saturated rings. The van der Waals surface area contributed by atoms with Crippen LogP contribution in [0, 0.1) is 5.92 Å². The third-order valence-electron chi connectivity index (χ3n) is 3.48. The first-order chi connectivity index (χ1) is 6.84. The normalized spacial score (nSPS) is 29.2. The van der Waals surface area contributed by atoms with E-state index in [4.69, 9.17) is 0 Å². The lowest BCUT2D eigenvalue weighted by molar-refractivity contribution is 0.398. The predicted octanol–water partition coefficient (Wildman–Crippen LogP) is 3.27. The molecule has 0 spiro atoms. The van der Waals surface area contributed by atoms with E-state index in [1.54, 1.807) is 5.57 Å². The van der Waals surface area contributed by atoms with Crippen molar-refractivity contribution in [2.24, 2.45) is 5.92 Å². The van der Waals surface area contributed by atoms with Crippen LogP contribution in [0.5, 0.6) is 0 Å². The maximum absolute atomic E-state index is 3.61. The molecule has 1 unspecified atom stereocenters. The van der Waals surface area contributed by atoms with E-state index in [1.165, 1.54) is 51.5 Å². The second-order valence-electron chi connectivity index (χ2n) is 5.08. The van der Waals surface area contributed by atoms with E-state index in [9.17, 15) is 0 Å². The van der Waals surface area contributed by atoms with Crippen LogP contribution >= 0.6 is 0 Å². The Balaban J connectivity index is 1.68. The van der Waals surface area contributed by atoms with Crippen molar-refractivity contribution in [2.45, 2.75) is 57.9 Å². The fraction of sp³-hybridized carbons (Fsp3) is 0.846. The summed E-state index contributed by atoms with van der Waals surface area (Å²) in [4.78, 5) is 0. The van der Waals surface area contributed by atoms with Crippen molar-refractivity contribution in [3.8, 4) is 0 Å². The van der Waals surface area contributed by atoms with Crippen LogP contribution in [-0.2, 0) is 0 Å². The van der Waals surface area contributed by atoms with Gasteiger partial charge in [-0.25, -0.2) is 0 Å². The molecule has 1 atom stereocenters. The molecule has 0 aromatic carbocycles. The molecule has 2 rings (SSSR count). The third kappa shape index (κ3) is 3.45. The van der Waals surface area contributed by atoms with E-state index in [0.29, 0.717) is 0 Å². The fourth-order valence-electron chi connectivity index (χ4n) is 2.29. The smallest absolute Gasteiger partial charge is 0.0104 e. The lowest BCUT2D eigenvalue weighted by atomic mass is 9.98. The maximum Gasteiger partial charge on any atom is 0.0104 e. The molecule has 0 aromatic rings. The number of rotatable bonds is 4. The van der Waals surface area contributed by atoms with Crippen LogP contribution in [0.25, 0.3) is 0 Å². The zero-order valence-corrected chi connectivity index (χ0v) is 9.39. The Morgan fingerprint density at radius 1 is 1.29 bits per heavy atom. The van der Waals surface area contributed by atoms with Crippen LogP contribution in [0.3, 0.4) is 0 Å². The zero-order chi connectivity index (χ0) is 9.80. The molecule has 2 aliphatic rings. The highest BCUT2D eigenvalue weighted by atomic mass is 14.9. The number of piperidine rings is 1. The van der Waals surface area contributed by atoms with Gasteiger partial charge in [-0.1, -0.05) is 18.1 Å². The molecule has 1 nitrogen and oxygen atoms in total. The maximum atomic E-state index is 3.61. The molecule has 1 N–H and O–H groups in total. The second-order valence-corrected chi connectivity index (χ2v) is 5.08. The van der Waals surface area contributed by atoms with Gasteiger partial charge in [0.1, 0.15) is 0 Å². The molecule has 1 aliphatic heterocycles. The quantitative estimate of drug-likeness (QED) is 0.676. The molecule has 1 heteroatoms. The molecule has 1 heterocycles. The van der Waals surface area contributed by atoms with Crippen LogP contribution in [0.2, 0.25) is 0 Å².